The quantitative estimate of drug-likeness (QED) is 0.830. The number of ether oxygens (including phenoxy) is 1. The van der Waals surface area contributed by atoms with Gasteiger partial charge in [-0.1, -0.05) is 19.3 Å². The lowest BCUT2D eigenvalue weighted by Crippen LogP contribution is -2.37. The summed E-state index contributed by atoms with van der Waals surface area (Å²) in [7, 11) is 0. The molecule has 5 nitrogen and oxygen atoms in total. The predicted molar refractivity (Wildman–Crippen MR) is 97.4 cm³/mol. The van der Waals surface area contributed by atoms with Gasteiger partial charge in [-0.05, 0) is 57.4 Å². The van der Waals surface area contributed by atoms with Crippen molar-refractivity contribution in [1.82, 2.24) is 5.32 Å². The highest BCUT2D eigenvalue weighted by molar-refractivity contribution is 5.99. The van der Waals surface area contributed by atoms with Gasteiger partial charge in [0.05, 0.1) is 17.9 Å². The highest BCUT2D eigenvalue weighted by Crippen LogP contribution is 2.40. The molecule has 1 aromatic rings. The second-order valence-corrected chi connectivity index (χ2v) is 7.47. The fourth-order valence-electron chi connectivity index (χ4n) is 3.45. The Labute approximate surface area is 149 Å². The minimum absolute atomic E-state index is 0.0488. The molecule has 2 aliphatic carbocycles. The third-order valence-electron chi connectivity index (χ3n) is 4.91. The highest BCUT2D eigenvalue weighted by Gasteiger charge is 2.48. The van der Waals surface area contributed by atoms with Gasteiger partial charge in [0.2, 0.25) is 11.8 Å². The summed E-state index contributed by atoms with van der Waals surface area (Å²) >= 11 is 0. The normalized spacial score (nSPS) is 23.2. The van der Waals surface area contributed by atoms with Gasteiger partial charge in [-0.25, -0.2) is 0 Å². The smallest absolute Gasteiger partial charge is 0.228 e. The second kappa shape index (κ2) is 7.89. The van der Waals surface area contributed by atoms with Gasteiger partial charge < -0.3 is 15.4 Å². The maximum Gasteiger partial charge on any atom is 0.228 e. The van der Waals surface area contributed by atoms with Gasteiger partial charge in [-0.15, -0.1) is 0 Å². The van der Waals surface area contributed by atoms with E-state index in [1.54, 1.807) is 0 Å². The predicted octanol–water partition coefficient (Wildman–Crippen LogP) is 3.50. The van der Waals surface area contributed by atoms with Crippen LogP contribution in [0.3, 0.4) is 0 Å². The Morgan fingerprint density at radius 1 is 1.00 bits per heavy atom. The van der Waals surface area contributed by atoms with Gasteiger partial charge in [-0.3, -0.25) is 9.59 Å². The van der Waals surface area contributed by atoms with Crippen LogP contribution in [0.1, 0.15) is 52.4 Å². The molecule has 1 aromatic carbocycles. The van der Waals surface area contributed by atoms with Crippen molar-refractivity contribution >= 4 is 17.5 Å². The number of amides is 2. The van der Waals surface area contributed by atoms with E-state index in [4.69, 9.17) is 4.74 Å². The number of rotatable bonds is 6. The Morgan fingerprint density at radius 2 is 1.64 bits per heavy atom. The summed E-state index contributed by atoms with van der Waals surface area (Å²) in [6, 6.07) is 7.65. The van der Waals surface area contributed by atoms with Crippen molar-refractivity contribution in [3.05, 3.63) is 24.3 Å². The Hall–Kier alpha value is -2.04. The van der Waals surface area contributed by atoms with Crippen LogP contribution in [0, 0.1) is 11.8 Å². The highest BCUT2D eigenvalue weighted by atomic mass is 16.5. The summed E-state index contributed by atoms with van der Waals surface area (Å²) in [6.07, 6.45) is 6.56. The van der Waals surface area contributed by atoms with Crippen LogP contribution >= 0.6 is 0 Å². The molecule has 0 aliphatic heterocycles. The van der Waals surface area contributed by atoms with Gasteiger partial charge in [0, 0.05) is 11.7 Å². The van der Waals surface area contributed by atoms with Crippen LogP contribution in [-0.4, -0.2) is 24.0 Å². The van der Waals surface area contributed by atoms with Crippen molar-refractivity contribution in [2.24, 2.45) is 11.8 Å². The number of carbonyl (C=O) groups excluding carboxylic acids is 2. The van der Waals surface area contributed by atoms with E-state index in [9.17, 15) is 9.59 Å². The number of hydrogen-bond acceptors (Lipinski definition) is 3. The van der Waals surface area contributed by atoms with E-state index in [0.29, 0.717) is 12.5 Å². The van der Waals surface area contributed by atoms with E-state index < -0.39 is 0 Å². The average Bonchev–Trinajstić information content (AvgIpc) is 3.38. The van der Waals surface area contributed by atoms with Crippen LogP contribution < -0.4 is 15.4 Å². The van der Waals surface area contributed by atoms with E-state index in [1.165, 1.54) is 19.3 Å². The summed E-state index contributed by atoms with van der Waals surface area (Å²) in [5, 5.41) is 6.02. The molecule has 2 unspecified atom stereocenters. The van der Waals surface area contributed by atoms with Gasteiger partial charge in [0.1, 0.15) is 5.75 Å². The maximum atomic E-state index is 12.3. The lowest BCUT2D eigenvalue weighted by atomic mass is 9.95. The Morgan fingerprint density at radius 3 is 2.28 bits per heavy atom. The number of hydrogen-bond donors (Lipinski definition) is 2. The zero-order valence-corrected chi connectivity index (χ0v) is 15.1. The molecule has 2 amide bonds. The first-order chi connectivity index (χ1) is 12.0. The summed E-state index contributed by atoms with van der Waals surface area (Å²) in [5.41, 5.74) is 0.736. The lowest BCUT2D eigenvalue weighted by Gasteiger charge is -2.22. The van der Waals surface area contributed by atoms with Crippen molar-refractivity contribution in [2.45, 2.75) is 64.5 Å². The van der Waals surface area contributed by atoms with Crippen LogP contribution in [0.25, 0.3) is 0 Å². The number of anilines is 1. The topological polar surface area (TPSA) is 67.4 Å². The van der Waals surface area contributed by atoms with Gasteiger partial charge >= 0.3 is 0 Å². The largest absolute Gasteiger partial charge is 0.491 e. The molecular formula is C20H28N2O3. The van der Waals surface area contributed by atoms with Gasteiger partial charge in [-0.2, -0.15) is 0 Å². The molecular weight excluding hydrogens is 316 g/mol. The minimum Gasteiger partial charge on any atom is -0.491 e. The number of nitrogens with one attached hydrogen (secondary N) is 2. The van der Waals surface area contributed by atoms with Crippen LogP contribution in [0.15, 0.2) is 24.3 Å². The molecule has 0 heterocycles. The Balaban J connectivity index is 1.45. The van der Waals surface area contributed by atoms with Crippen molar-refractivity contribution in [3.63, 3.8) is 0 Å². The third-order valence-corrected chi connectivity index (χ3v) is 4.91. The first-order valence-corrected chi connectivity index (χ1v) is 9.41. The van der Waals surface area contributed by atoms with E-state index >= 15 is 0 Å². The molecule has 2 N–H and O–H groups in total. The molecule has 3 rings (SSSR count). The monoisotopic (exact) mass is 344 g/mol. The van der Waals surface area contributed by atoms with Crippen molar-refractivity contribution in [3.8, 4) is 5.75 Å². The van der Waals surface area contributed by atoms with E-state index in [0.717, 1.165) is 24.3 Å². The molecule has 5 heteroatoms. The summed E-state index contributed by atoms with van der Waals surface area (Å²) in [6.45, 7) is 3.95. The fraction of sp³-hybridized carbons (Fsp3) is 0.600. The molecule has 0 spiro atoms. The van der Waals surface area contributed by atoms with Crippen LogP contribution in [0.2, 0.25) is 0 Å². The molecule has 2 aliphatic rings. The molecule has 0 radical (unpaired) electrons. The van der Waals surface area contributed by atoms with Crippen LogP contribution in [-0.2, 0) is 9.59 Å². The van der Waals surface area contributed by atoms with E-state index in [1.807, 2.05) is 38.1 Å². The Bertz CT molecular complexity index is 606. The third kappa shape index (κ3) is 4.97. The second-order valence-electron chi connectivity index (χ2n) is 7.47. The number of benzene rings is 1. The Kier molecular flexibility index (Phi) is 5.61. The summed E-state index contributed by atoms with van der Waals surface area (Å²) in [5.74, 6) is 0.402. The molecule has 0 saturated heterocycles. The first-order valence-electron chi connectivity index (χ1n) is 9.41. The van der Waals surface area contributed by atoms with Crippen molar-refractivity contribution in [2.75, 3.05) is 5.32 Å². The SMILES string of the molecule is CC(C)Oc1ccc(NC(=O)C2CC2C(=O)NC2CCCCC2)cc1. The minimum atomic E-state index is -0.199. The summed E-state index contributed by atoms with van der Waals surface area (Å²) in [4.78, 5) is 24.6. The summed E-state index contributed by atoms with van der Waals surface area (Å²) < 4.78 is 5.59. The molecule has 25 heavy (non-hydrogen) atoms. The van der Waals surface area contributed by atoms with E-state index in [-0.39, 0.29) is 29.8 Å². The average molecular weight is 344 g/mol. The molecule has 136 valence electrons. The van der Waals surface area contributed by atoms with Crippen LogP contribution in [0.4, 0.5) is 5.69 Å². The van der Waals surface area contributed by atoms with Crippen molar-refractivity contribution < 1.29 is 14.3 Å². The molecule has 2 atom stereocenters. The standard InChI is InChI=1S/C20H28N2O3/c1-13(2)25-16-10-8-15(9-11-16)22-20(24)18-12-17(18)19(23)21-14-6-4-3-5-7-14/h8-11,13-14,17-18H,3-7,12H2,1-2H3,(H,21,23)(H,22,24). The van der Waals surface area contributed by atoms with Gasteiger partial charge in [0.25, 0.3) is 0 Å². The maximum absolute atomic E-state index is 12.3. The number of carbonyl (C=O) groups is 2. The zero-order chi connectivity index (χ0) is 17.8. The lowest BCUT2D eigenvalue weighted by molar-refractivity contribution is -0.126. The molecule has 0 aromatic heterocycles. The van der Waals surface area contributed by atoms with Crippen molar-refractivity contribution in [1.29, 1.82) is 0 Å². The molecule has 2 fully saturated rings. The fourth-order valence-corrected chi connectivity index (χ4v) is 3.45. The van der Waals surface area contributed by atoms with Crippen LogP contribution in [0.5, 0.6) is 5.75 Å². The van der Waals surface area contributed by atoms with Gasteiger partial charge in [0.15, 0.2) is 0 Å². The molecule has 0 bridgehead atoms. The first kappa shape index (κ1) is 17.8. The zero-order valence-electron chi connectivity index (χ0n) is 15.1. The molecule has 2 saturated carbocycles. The van der Waals surface area contributed by atoms with E-state index in [2.05, 4.69) is 10.6 Å².